The molecule has 1 heterocycles. The van der Waals surface area contributed by atoms with E-state index in [2.05, 4.69) is 0 Å². The van der Waals surface area contributed by atoms with Crippen molar-refractivity contribution in [1.82, 2.24) is 4.90 Å². The molecule has 0 saturated carbocycles. The molecule has 5 nitrogen and oxygen atoms in total. The number of hydrogen-bond donors (Lipinski definition) is 0. The SMILES string of the molecule is COc1ccc(OC)c(C2CCCN2C(=O)/C=C/c2cc(C)ccc2OC)c1. The van der Waals surface area contributed by atoms with Crippen LogP contribution in [-0.2, 0) is 4.79 Å². The minimum Gasteiger partial charge on any atom is -0.497 e. The fourth-order valence-electron chi connectivity index (χ4n) is 3.69. The molecule has 1 amide bonds. The second-order valence-corrected chi connectivity index (χ2v) is 6.88. The van der Waals surface area contributed by atoms with Crippen LogP contribution in [0.15, 0.2) is 42.5 Å². The van der Waals surface area contributed by atoms with Gasteiger partial charge in [-0.25, -0.2) is 0 Å². The van der Waals surface area contributed by atoms with Crippen LogP contribution >= 0.6 is 0 Å². The summed E-state index contributed by atoms with van der Waals surface area (Å²) in [7, 11) is 4.92. The first-order valence-electron chi connectivity index (χ1n) is 9.42. The van der Waals surface area contributed by atoms with Gasteiger partial charge < -0.3 is 19.1 Å². The van der Waals surface area contributed by atoms with Crippen molar-refractivity contribution in [3.8, 4) is 17.2 Å². The van der Waals surface area contributed by atoms with Gasteiger partial charge in [0.15, 0.2) is 0 Å². The van der Waals surface area contributed by atoms with E-state index in [-0.39, 0.29) is 11.9 Å². The zero-order chi connectivity index (χ0) is 20.1. The van der Waals surface area contributed by atoms with Crippen LogP contribution in [-0.4, -0.2) is 38.7 Å². The molecule has 5 heteroatoms. The van der Waals surface area contributed by atoms with E-state index in [0.29, 0.717) is 0 Å². The van der Waals surface area contributed by atoms with Gasteiger partial charge in [0.1, 0.15) is 17.2 Å². The topological polar surface area (TPSA) is 48.0 Å². The molecule has 1 fully saturated rings. The fraction of sp³-hybridized carbons (Fsp3) is 0.348. The van der Waals surface area contributed by atoms with E-state index in [1.165, 1.54) is 0 Å². The minimum atomic E-state index is -0.0263. The van der Waals surface area contributed by atoms with E-state index < -0.39 is 0 Å². The number of methoxy groups -OCH3 is 3. The summed E-state index contributed by atoms with van der Waals surface area (Å²) in [4.78, 5) is 14.9. The zero-order valence-corrected chi connectivity index (χ0v) is 16.9. The third kappa shape index (κ3) is 4.14. The molecule has 1 atom stereocenters. The molecule has 148 valence electrons. The summed E-state index contributed by atoms with van der Waals surface area (Å²) in [5.41, 5.74) is 2.99. The molecule has 0 radical (unpaired) electrons. The normalized spacial score (nSPS) is 16.4. The predicted molar refractivity (Wildman–Crippen MR) is 110 cm³/mol. The molecular weight excluding hydrogens is 354 g/mol. The number of ether oxygens (including phenoxy) is 3. The standard InChI is InChI=1S/C23H27NO4/c1-16-7-10-21(27-3)17(14-16)8-12-23(25)24-13-5-6-20(24)19-15-18(26-2)9-11-22(19)28-4/h7-12,14-15,20H,5-6,13H2,1-4H3/b12-8+. The second kappa shape index (κ2) is 8.83. The number of nitrogens with zero attached hydrogens (tertiary/aromatic N) is 1. The Morgan fingerprint density at radius 3 is 2.50 bits per heavy atom. The number of likely N-dealkylation sites (tertiary alicyclic amines) is 1. The molecule has 1 aliphatic rings. The van der Waals surface area contributed by atoms with Crippen LogP contribution in [0.1, 0.15) is 35.6 Å². The van der Waals surface area contributed by atoms with Gasteiger partial charge in [-0.2, -0.15) is 0 Å². The van der Waals surface area contributed by atoms with Crippen molar-refractivity contribution >= 4 is 12.0 Å². The number of aryl methyl sites for hydroxylation is 1. The summed E-state index contributed by atoms with van der Waals surface area (Å²) in [6, 6.07) is 11.6. The van der Waals surface area contributed by atoms with Crippen LogP contribution in [0, 0.1) is 6.92 Å². The van der Waals surface area contributed by atoms with Crippen molar-refractivity contribution in [2.24, 2.45) is 0 Å². The first-order valence-corrected chi connectivity index (χ1v) is 9.42. The molecule has 1 aliphatic heterocycles. The highest BCUT2D eigenvalue weighted by molar-refractivity contribution is 5.92. The molecular formula is C23H27NO4. The Labute approximate surface area is 166 Å². The van der Waals surface area contributed by atoms with Gasteiger partial charge in [0.05, 0.1) is 27.4 Å². The first-order chi connectivity index (χ1) is 13.6. The Kier molecular flexibility index (Phi) is 6.24. The van der Waals surface area contributed by atoms with Crippen molar-refractivity contribution in [2.75, 3.05) is 27.9 Å². The Balaban J connectivity index is 1.85. The molecule has 0 N–H and O–H groups in total. The highest BCUT2D eigenvalue weighted by Gasteiger charge is 2.31. The summed E-state index contributed by atoms with van der Waals surface area (Å²) in [5, 5.41) is 0. The van der Waals surface area contributed by atoms with Crippen LogP contribution in [0.2, 0.25) is 0 Å². The Morgan fingerprint density at radius 1 is 1.04 bits per heavy atom. The lowest BCUT2D eigenvalue weighted by molar-refractivity contribution is -0.126. The molecule has 2 aromatic rings. The summed E-state index contributed by atoms with van der Waals surface area (Å²) in [6.07, 6.45) is 5.31. The van der Waals surface area contributed by atoms with Crippen molar-refractivity contribution in [3.63, 3.8) is 0 Å². The smallest absolute Gasteiger partial charge is 0.247 e. The largest absolute Gasteiger partial charge is 0.497 e. The lowest BCUT2D eigenvalue weighted by Gasteiger charge is -2.25. The van der Waals surface area contributed by atoms with E-state index in [1.807, 2.05) is 54.3 Å². The summed E-state index contributed by atoms with van der Waals surface area (Å²) in [6.45, 7) is 2.74. The lowest BCUT2D eigenvalue weighted by Crippen LogP contribution is -2.29. The van der Waals surface area contributed by atoms with E-state index in [1.54, 1.807) is 27.4 Å². The van der Waals surface area contributed by atoms with E-state index in [0.717, 1.165) is 53.3 Å². The molecule has 0 bridgehead atoms. The quantitative estimate of drug-likeness (QED) is 0.696. The Hall–Kier alpha value is -2.95. The molecule has 0 aliphatic carbocycles. The maximum atomic E-state index is 13.0. The third-order valence-electron chi connectivity index (χ3n) is 5.12. The summed E-state index contributed by atoms with van der Waals surface area (Å²) in [5.74, 6) is 2.27. The van der Waals surface area contributed by atoms with Gasteiger partial charge in [0.2, 0.25) is 5.91 Å². The van der Waals surface area contributed by atoms with Gasteiger partial charge in [-0.05, 0) is 56.2 Å². The lowest BCUT2D eigenvalue weighted by atomic mass is 10.0. The zero-order valence-electron chi connectivity index (χ0n) is 16.9. The number of carbonyl (C=O) groups excluding carboxylic acids is 1. The van der Waals surface area contributed by atoms with Crippen molar-refractivity contribution in [3.05, 3.63) is 59.2 Å². The molecule has 0 aromatic heterocycles. The molecule has 2 aromatic carbocycles. The first kappa shape index (κ1) is 19.8. The third-order valence-corrected chi connectivity index (χ3v) is 5.12. The average molecular weight is 381 g/mol. The van der Waals surface area contributed by atoms with Crippen molar-refractivity contribution < 1.29 is 19.0 Å². The molecule has 1 saturated heterocycles. The Morgan fingerprint density at radius 2 is 1.79 bits per heavy atom. The van der Waals surface area contributed by atoms with Gasteiger partial charge in [-0.15, -0.1) is 0 Å². The van der Waals surface area contributed by atoms with E-state index in [9.17, 15) is 4.79 Å². The minimum absolute atomic E-state index is 0.0177. The van der Waals surface area contributed by atoms with Crippen LogP contribution in [0.25, 0.3) is 6.08 Å². The molecule has 28 heavy (non-hydrogen) atoms. The van der Waals surface area contributed by atoms with Gasteiger partial charge in [0, 0.05) is 23.7 Å². The number of amides is 1. The van der Waals surface area contributed by atoms with Gasteiger partial charge >= 0.3 is 0 Å². The van der Waals surface area contributed by atoms with E-state index in [4.69, 9.17) is 14.2 Å². The summed E-state index contributed by atoms with van der Waals surface area (Å²) >= 11 is 0. The molecule has 3 rings (SSSR count). The average Bonchev–Trinajstić information content (AvgIpc) is 3.21. The molecule has 1 unspecified atom stereocenters. The van der Waals surface area contributed by atoms with Gasteiger partial charge in [-0.1, -0.05) is 11.6 Å². The fourth-order valence-corrected chi connectivity index (χ4v) is 3.69. The maximum absolute atomic E-state index is 13.0. The Bertz CT molecular complexity index is 875. The van der Waals surface area contributed by atoms with Crippen LogP contribution < -0.4 is 14.2 Å². The van der Waals surface area contributed by atoms with Gasteiger partial charge in [0.25, 0.3) is 0 Å². The summed E-state index contributed by atoms with van der Waals surface area (Å²) < 4.78 is 16.3. The van der Waals surface area contributed by atoms with Crippen LogP contribution in [0.4, 0.5) is 0 Å². The predicted octanol–water partition coefficient (Wildman–Crippen LogP) is 4.40. The number of benzene rings is 2. The van der Waals surface area contributed by atoms with Crippen LogP contribution in [0.5, 0.6) is 17.2 Å². The van der Waals surface area contributed by atoms with E-state index >= 15 is 0 Å². The van der Waals surface area contributed by atoms with Crippen LogP contribution in [0.3, 0.4) is 0 Å². The number of rotatable bonds is 6. The van der Waals surface area contributed by atoms with Crippen molar-refractivity contribution in [1.29, 1.82) is 0 Å². The highest BCUT2D eigenvalue weighted by atomic mass is 16.5. The number of hydrogen-bond acceptors (Lipinski definition) is 4. The monoisotopic (exact) mass is 381 g/mol. The number of carbonyl (C=O) groups is 1. The maximum Gasteiger partial charge on any atom is 0.247 e. The van der Waals surface area contributed by atoms with Crippen molar-refractivity contribution in [2.45, 2.75) is 25.8 Å². The second-order valence-electron chi connectivity index (χ2n) is 6.88. The molecule has 0 spiro atoms. The van der Waals surface area contributed by atoms with Gasteiger partial charge in [-0.3, -0.25) is 4.79 Å². The highest BCUT2D eigenvalue weighted by Crippen LogP contribution is 2.39.